The van der Waals surface area contributed by atoms with Crippen molar-refractivity contribution in [2.24, 2.45) is 5.73 Å². The van der Waals surface area contributed by atoms with Crippen molar-refractivity contribution in [1.82, 2.24) is 5.32 Å². The van der Waals surface area contributed by atoms with Crippen molar-refractivity contribution >= 4 is 18.3 Å². The van der Waals surface area contributed by atoms with Crippen molar-refractivity contribution < 1.29 is 9.53 Å². The summed E-state index contributed by atoms with van der Waals surface area (Å²) in [5.74, 6) is -0.149. The highest BCUT2D eigenvalue weighted by atomic mass is 35.5. The van der Waals surface area contributed by atoms with E-state index in [4.69, 9.17) is 10.5 Å². The quantitative estimate of drug-likeness (QED) is 0.886. The highest BCUT2D eigenvalue weighted by Crippen LogP contribution is 2.16. The molecule has 0 radical (unpaired) electrons. The molecule has 2 rings (SSSR count). The number of benzene rings is 1. The Labute approximate surface area is 120 Å². The topological polar surface area (TPSA) is 64.4 Å². The van der Waals surface area contributed by atoms with Crippen molar-refractivity contribution in [3.63, 3.8) is 0 Å². The highest BCUT2D eigenvalue weighted by Gasteiger charge is 2.25. The van der Waals surface area contributed by atoms with E-state index < -0.39 is 6.04 Å². The monoisotopic (exact) mass is 284 g/mol. The van der Waals surface area contributed by atoms with Gasteiger partial charge < -0.3 is 15.8 Å². The van der Waals surface area contributed by atoms with Crippen LogP contribution in [0.2, 0.25) is 0 Å². The fraction of sp³-hybridized carbons (Fsp3) is 0.500. The Morgan fingerprint density at radius 3 is 2.68 bits per heavy atom. The van der Waals surface area contributed by atoms with Gasteiger partial charge >= 0.3 is 0 Å². The molecule has 1 heterocycles. The van der Waals surface area contributed by atoms with Gasteiger partial charge in [0.05, 0.1) is 12.1 Å². The van der Waals surface area contributed by atoms with Gasteiger partial charge in [0.2, 0.25) is 5.91 Å². The summed E-state index contributed by atoms with van der Waals surface area (Å²) >= 11 is 0. The van der Waals surface area contributed by atoms with Gasteiger partial charge in [0, 0.05) is 6.61 Å². The predicted octanol–water partition coefficient (Wildman–Crippen LogP) is 1.79. The molecule has 1 aliphatic heterocycles. The SMILES string of the molecule is CC(NC(=O)C(N)c1ccccc1)C1CCCO1.Cl. The minimum Gasteiger partial charge on any atom is -0.376 e. The standard InChI is InChI=1S/C14H20N2O2.ClH/c1-10(12-8-5-9-18-12)16-14(17)13(15)11-6-3-2-4-7-11;/h2-4,6-7,10,12-13H,5,8-9,15H2,1H3,(H,16,17);1H. The average molecular weight is 285 g/mol. The van der Waals surface area contributed by atoms with E-state index in [1.807, 2.05) is 37.3 Å². The summed E-state index contributed by atoms with van der Waals surface area (Å²) < 4.78 is 5.55. The van der Waals surface area contributed by atoms with Crippen molar-refractivity contribution in [1.29, 1.82) is 0 Å². The Morgan fingerprint density at radius 1 is 1.42 bits per heavy atom. The lowest BCUT2D eigenvalue weighted by Crippen LogP contribution is -2.44. The summed E-state index contributed by atoms with van der Waals surface area (Å²) in [6, 6.07) is 8.79. The molecule has 1 saturated heterocycles. The molecule has 3 atom stereocenters. The zero-order valence-electron chi connectivity index (χ0n) is 11.0. The molecular weight excluding hydrogens is 264 g/mol. The van der Waals surface area contributed by atoms with Gasteiger partial charge in [-0.05, 0) is 25.3 Å². The number of hydrogen-bond donors (Lipinski definition) is 2. The summed E-state index contributed by atoms with van der Waals surface area (Å²) in [6.07, 6.45) is 2.19. The van der Waals surface area contributed by atoms with Gasteiger partial charge in [-0.15, -0.1) is 12.4 Å². The molecule has 1 amide bonds. The first kappa shape index (κ1) is 16.0. The fourth-order valence-electron chi connectivity index (χ4n) is 2.22. The number of hydrogen-bond acceptors (Lipinski definition) is 3. The third kappa shape index (κ3) is 4.20. The molecule has 1 aromatic carbocycles. The zero-order valence-corrected chi connectivity index (χ0v) is 11.9. The largest absolute Gasteiger partial charge is 0.376 e. The predicted molar refractivity (Wildman–Crippen MR) is 77.2 cm³/mol. The first-order chi connectivity index (χ1) is 8.68. The van der Waals surface area contributed by atoms with E-state index in [1.165, 1.54) is 0 Å². The number of halogens is 1. The van der Waals surface area contributed by atoms with E-state index in [1.54, 1.807) is 0 Å². The van der Waals surface area contributed by atoms with Crippen molar-refractivity contribution in [3.05, 3.63) is 35.9 Å². The Kier molecular flexibility index (Phi) is 6.28. The molecule has 106 valence electrons. The van der Waals surface area contributed by atoms with Crippen LogP contribution >= 0.6 is 12.4 Å². The lowest BCUT2D eigenvalue weighted by Gasteiger charge is -2.22. The lowest BCUT2D eigenvalue weighted by atomic mass is 10.1. The van der Waals surface area contributed by atoms with Crippen LogP contribution in [-0.2, 0) is 9.53 Å². The molecule has 0 aromatic heterocycles. The third-order valence-electron chi connectivity index (χ3n) is 3.33. The second kappa shape index (κ2) is 7.48. The van der Waals surface area contributed by atoms with Crippen LogP contribution < -0.4 is 11.1 Å². The summed E-state index contributed by atoms with van der Waals surface area (Å²) in [5, 5.41) is 2.93. The number of nitrogens with one attached hydrogen (secondary N) is 1. The van der Waals surface area contributed by atoms with Crippen LogP contribution in [0.25, 0.3) is 0 Å². The minimum absolute atomic E-state index is 0. The first-order valence-electron chi connectivity index (χ1n) is 6.41. The van der Waals surface area contributed by atoms with E-state index in [0.717, 1.165) is 25.0 Å². The first-order valence-corrected chi connectivity index (χ1v) is 6.41. The van der Waals surface area contributed by atoms with Gasteiger partial charge in [-0.25, -0.2) is 0 Å². The molecule has 3 unspecified atom stereocenters. The van der Waals surface area contributed by atoms with Crippen LogP contribution in [0.4, 0.5) is 0 Å². The molecule has 3 N–H and O–H groups in total. The highest BCUT2D eigenvalue weighted by molar-refractivity contribution is 5.85. The van der Waals surface area contributed by atoms with Gasteiger partial charge in [-0.1, -0.05) is 30.3 Å². The van der Waals surface area contributed by atoms with E-state index >= 15 is 0 Å². The second-order valence-corrected chi connectivity index (χ2v) is 4.74. The van der Waals surface area contributed by atoms with Crippen LogP contribution in [0.1, 0.15) is 31.4 Å². The Bertz CT molecular complexity index is 394. The maximum absolute atomic E-state index is 12.0. The Hall–Kier alpha value is -1.10. The van der Waals surface area contributed by atoms with E-state index in [-0.39, 0.29) is 30.5 Å². The fourth-order valence-corrected chi connectivity index (χ4v) is 2.22. The maximum atomic E-state index is 12.0. The Morgan fingerprint density at radius 2 is 2.11 bits per heavy atom. The number of nitrogens with two attached hydrogens (primary N) is 1. The molecule has 5 heteroatoms. The van der Waals surface area contributed by atoms with Crippen molar-refractivity contribution in [2.75, 3.05) is 6.61 Å². The van der Waals surface area contributed by atoms with Crippen molar-refractivity contribution in [3.8, 4) is 0 Å². The van der Waals surface area contributed by atoms with Crippen LogP contribution in [0.3, 0.4) is 0 Å². The Balaban J connectivity index is 0.00000180. The maximum Gasteiger partial charge on any atom is 0.241 e. The lowest BCUT2D eigenvalue weighted by molar-refractivity contribution is -0.124. The summed E-state index contributed by atoms with van der Waals surface area (Å²) in [7, 11) is 0. The van der Waals surface area contributed by atoms with Crippen LogP contribution in [0.5, 0.6) is 0 Å². The van der Waals surface area contributed by atoms with Gasteiger partial charge in [0.15, 0.2) is 0 Å². The molecule has 1 aromatic rings. The van der Waals surface area contributed by atoms with E-state index in [2.05, 4.69) is 5.32 Å². The molecule has 0 aliphatic carbocycles. The summed E-state index contributed by atoms with van der Waals surface area (Å²) in [6.45, 7) is 2.75. The van der Waals surface area contributed by atoms with Crippen LogP contribution in [0.15, 0.2) is 30.3 Å². The normalized spacial score (nSPS) is 21.3. The minimum atomic E-state index is -0.616. The van der Waals surface area contributed by atoms with Crippen LogP contribution in [0, 0.1) is 0 Å². The van der Waals surface area contributed by atoms with E-state index in [9.17, 15) is 4.79 Å². The number of carbonyl (C=O) groups is 1. The molecule has 4 nitrogen and oxygen atoms in total. The van der Waals surface area contributed by atoms with Crippen molar-refractivity contribution in [2.45, 2.75) is 38.0 Å². The van der Waals surface area contributed by atoms with Gasteiger partial charge in [0.25, 0.3) is 0 Å². The number of rotatable bonds is 4. The average Bonchev–Trinajstić information content (AvgIpc) is 2.92. The number of carbonyl (C=O) groups excluding carboxylic acids is 1. The van der Waals surface area contributed by atoms with Gasteiger partial charge in [-0.2, -0.15) is 0 Å². The van der Waals surface area contributed by atoms with Gasteiger partial charge in [0.1, 0.15) is 6.04 Å². The summed E-state index contributed by atoms with van der Waals surface area (Å²) in [4.78, 5) is 12.0. The summed E-state index contributed by atoms with van der Waals surface area (Å²) in [5.41, 5.74) is 6.76. The molecule has 1 aliphatic rings. The molecule has 0 spiro atoms. The molecule has 0 bridgehead atoms. The number of amides is 1. The molecule has 0 saturated carbocycles. The van der Waals surface area contributed by atoms with Crippen LogP contribution in [-0.4, -0.2) is 24.7 Å². The van der Waals surface area contributed by atoms with E-state index in [0.29, 0.717) is 0 Å². The molecule has 19 heavy (non-hydrogen) atoms. The number of ether oxygens (including phenoxy) is 1. The molecular formula is C14H21ClN2O2. The third-order valence-corrected chi connectivity index (χ3v) is 3.33. The molecule has 1 fully saturated rings. The smallest absolute Gasteiger partial charge is 0.241 e. The van der Waals surface area contributed by atoms with Gasteiger partial charge in [-0.3, -0.25) is 4.79 Å². The zero-order chi connectivity index (χ0) is 13.0. The second-order valence-electron chi connectivity index (χ2n) is 4.74.